The van der Waals surface area contributed by atoms with E-state index in [-0.39, 0.29) is 5.69 Å². The summed E-state index contributed by atoms with van der Waals surface area (Å²) >= 11 is 0. The Morgan fingerprint density at radius 3 is 2.06 bits per heavy atom. The molecule has 1 saturated heterocycles. The Morgan fingerprint density at radius 1 is 0.727 bits per heavy atom. The number of halogens is 1. The van der Waals surface area contributed by atoms with E-state index in [0.717, 1.165) is 24.5 Å². The van der Waals surface area contributed by atoms with E-state index in [1.165, 1.54) is 23.8 Å². The molecule has 0 atom stereocenters. The fourth-order valence-electron chi connectivity index (χ4n) is 4.50. The van der Waals surface area contributed by atoms with Crippen LogP contribution in [0.5, 0.6) is 0 Å². The number of anilines is 1. The fraction of sp³-hybridized carbons (Fsp3) is 0.185. The number of piperazine rings is 1. The first-order valence-electron chi connectivity index (χ1n) is 11.1. The van der Waals surface area contributed by atoms with Crippen LogP contribution in [-0.2, 0) is 16.1 Å². The third kappa shape index (κ3) is 4.17. The molecule has 3 aromatic rings. The second-order valence-electron chi connectivity index (χ2n) is 8.26. The Morgan fingerprint density at radius 2 is 1.39 bits per heavy atom. The molecule has 33 heavy (non-hydrogen) atoms. The second-order valence-corrected chi connectivity index (χ2v) is 8.26. The average Bonchev–Trinajstić information content (AvgIpc) is 3.10. The number of carbonyl (C=O) groups excluding carboxylic acids is 2. The summed E-state index contributed by atoms with van der Waals surface area (Å²) in [5, 5.41) is 0. The van der Waals surface area contributed by atoms with Crippen LogP contribution in [0.3, 0.4) is 0 Å². The molecule has 2 aliphatic heterocycles. The number of hydrogen-bond acceptors (Lipinski definition) is 4. The first kappa shape index (κ1) is 21.1. The SMILES string of the molecule is O=C1C(c2ccccc2)=C(N2CCN(Cc3ccccc3)CC2)C(=O)N1c1cccc(F)c1. The summed E-state index contributed by atoms with van der Waals surface area (Å²) in [6, 6.07) is 25.1. The monoisotopic (exact) mass is 441 g/mol. The Kier molecular flexibility index (Phi) is 5.75. The van der Waals surface area contributed by atoms with E-state index in [0.29, 0.717) is 29.9 Å². The standard InChI is InChI=1S/C27H24FN3O2/c28-22-12-7-13-23(18-22)31-26(32)24(21-10-5-2-6-11-21)25(27(31)33)30-16-14-29(15-17-30)19-20-8-3-1-4-9-20/h1-13,18H,14-17,19H2. The molecule has 6 heteroatoms. The predicted molar refractivity (Wildman–Crippen MR) is 126 cm³/mol. The van der Waals surface area contributed by atoms with E-state index < -0.39 is 17.6 Å². The van der Waals surface area contributed by atoms with Gasteiger partial charge < -0.3 is 4.90 Å². The van der Waals surface area contributed by atoms with Crippen LogP contribution in [0.2, 0.25) is 0 Å². The molecule has 2 heterocycles. The Balaban J connectivity index is 1.44. The third-order valence-corrected chi connectivity index (χ3v) is 6.13. The summed E-state index contributed by atoms with van der Waals surface area (Å²) in [4.78, 5) is 32.5. The van der Waals surface area contributed by atoms with Crippen molar-refractivity contribution in [3.63, 3.8) is 0 Å². The van der Waals surface area contributed by atoms with Crippen molar-refractivity contribution in [2.45, 2.75) is 6.54 Å². The molecule has 3 aromatic carbocycles. The van der Waals surface area contributed by atoms with Gasteiger partial charge in [-0.1, -0.05) is 66.7 Å². The molecule has 5 nitrogen and oxygen atoms in total. The normalized spacial score (nSPS) is 17.2. The lowest BCUT2D eigenvalue weighted by molar-refractivity contribution is -0.120. The lowest BCUT2D eigenvalue weighted by Gasteiger charge is -2.36. The summed E-state index contributed by atoms with van der Waals surface area (Å²) < 4.78 is 13.9. The van der Waals surface area contributed by atoms with E-state index in [1.54, 1.807) is 6.07 Å². The summed E-state index contributed by atoms with van der Waals surface area (Å²) in [6.45, 7) is 3.67. The number of carbonyl (C=O) groups is 2. The molecule has 0 N–H and O–H groups in total. The maximum absolute atomic E-state index is 13.9. The van der Waals surface area contributed by atoms with Crippen LogP contribution in [0.1, 0.15) is 11.1 Å². The highest BCUT2D eigenvalue weighted by Crippen LogP contribution is 2.35. The highest BCUT2D eigenvalue weighted by molar-refractivity contribution is 6.45. The van der Waals surface area contributed by atoms with E-state index in [9.17, 15) is 14.0 Å². The fourth-order valence-corrected chi connectivity index (χ4v) is 4.50. The van der Waals surface area contributed by atoms with E-state index in [2.05, 4.69) is 17.0 Å². The van der Waals surface area contributed by atoms with E-state index in [1.807, 2.05) is 53.4 Å². The van der Waals surface area contributed by atoms with Crippen molar-refractivity contribution in [1.82, 2.24) is 9.80 Å². The zero-order valence-electron chi connectivity index (χ0n) is 18.2. The zero-order valence-corrected chi connectivity index (χ0v) is 18.2. The molecule has 2 amide bonds. The molecule has 5 rings (SSSR count). The highest BCUT2D eigenvalue weighted by atomic mass is 19.1. The number of rotatable bonds is 5. The van der Waals surface area contributed by atoms with Gasteiger partial charge in [0.15, 0.2) is 0 Å². The second kappa shape index (κ2) is 9.00. The largest absolute Gasteiger partial charge is 0.364 e. The van der Waals surface area contributed by atoms with Crippen molar-refractivity contribution in [3.05, 3.63) is 108 Å². The van der Waals surface area contributed by atoms with Gasteiger partial charge in [0.05, 0.1) is 11.3 Å². The molecule has 0 spiro atoms. The number of nitrogens with zero attached hydrogens (tertiary/aromatic N) is 3. The van der Waals surface area contributed by atoms with Gasteiger partial charge in [0, 0.05) is 32.7 Å². The van der Waals surface area contributed by atoms with Gasteiger partial charge in [-0.15, -0.1) is 0 Å². The minimum atomic E-state index is -0.489. The molecular formula is C27H24FN3O2. The smallest absolute Gasteiger partial charge is 0.282 e. The van der Waals surface area contributed by atoms with Gasteiger partial charge in [0.2, 0.25) is 0 Å². The van der Waals surface area contributed by atoms with Crippen LogP contribution >= 0.6 is 0 Å². The Hall–Kier alpha value is -3.77. The first-order valence-corrected chi connectivity index (χ1v) is 11.1. The molecule has 0 unspecified atom stereocenters. The van der Waals surface area contributed by atoms with Crippen LogP contribution in [0.15, 0.2) is 90.6 Å². The molecule has 1 fully saturated rings. The van der Waals surface area contributed by atoms with Gasteiger partial charge in [-0.05, 0) is 29.3 Å². The maximum Gasteiger partial charge on any atom is 0.282 e. The third-order valence-electron chi connectivity index (χ3n) is 6.13. The molecule has 0 bridgehead atoms. The molecule has 2 aliphatic rings. The first-order chi connectivity index (χ1) is 16.1. The summed E-state index contributed by atoms with van der Waals surface area (Å²) in [6.07, 6.45) is 0. The number of imide groups is 1. The number of hydrogen-bond donors (Lipinski definition) is 0. The zero-order chi connectivity index (χ0) is 22.8. The topological polar surface area (TPSA) is 43.9 Å². The minimum absolute atomic E-state index is 0.246. The minimum Gasteiger partial charge on any atom is -0.364 e. The molecule has 0 aliphatic carbocycles. The predicted octanol–water partition coefficient (Wildman–Crippen LogP) is 3.93. The van der Waals surface area contributed by atoms with Crippen molar-refractivity contribution < 1.29 is 14.0 Å². The lowest BCUT2D eigenvalue weighted by Crippen LogP contribution is -2.47. The summed E-state index contributed by atoms with van der Waals surface area (Å²) in [5.74, 6) is -1.31. The van der Waals surface area contributed by atoms with Crippen LogP contribution in [-0.4, -0.2) is 47.8 Å². The summed E-state index contributed by atoms with van der Waals surface area (Å²) in [7, 11) is 0. The van der Waals surface area contributed by atoms with Crippen molar-refractivity contribution in [2.24, 2.45) is 0 Å². The van der Waals surface area contributed by atoms with Crippen LogP contribution in [0, 0.1) is 5.82 Å². The van der Waals surface area contributed by atoms with E-state index in [4.69, 9.17) is 0 Å². The Labute approximate surface area is 192 Å². The summed E-state index contributed by atoms with van der Waals surface area (Å²) in [5.41, 5.74) is 2.96. The van der Waals surface area contributed by atoms with Gasteiger partial charge in [-0.3, -0.25) is 14.5 Å². The van der Waals surface area contributed by atoms with Gasteiger partial charge >= 0.3 is 0 Å². The highest BCUT2D eigenvalue weighted by Gasteiger charge is 2.43. The lowest BCUT2D eigenvalue weighted by atomic mass is 10.0. The maximum atomic E-state index is 13.9. The van der Waals surface area contributed by atoms with E-state index >= 15 is 0 Å². The quantitative estimate of drug-likeness (QED) is 0.563. The molecular weight excluding hydrogens is 417 g/mol. The average molecular weight is 442 g/mol. The number of amides is 2. The van der Waals surface area contributed by atoms with Crippen LogP contribution in [0.25, 0.3) is 5.57 Å². The van der Waals surface area contributed by atoms with Gasteiger partial charge in [0.1, 0.15) is 11.5 Å². The molecule has 0 saturated carbocycles. The van der Waals surface area contributed by atoms with Crippen molar-refractivity contribution >= 4 is 23.1 Å². The number of benzene rings is 3. The molecule has 0 radical (unpaired) electrons. The van der Waals surface area contributed by atoms with Crippen LogP contribution < -0.4 is 4.90 Å². The van der Waals surface area contributed by atoms with Crippen LogP contribution in [0.4, 0.5) is 10.1 Å². The van der Waals surface area contributed by atoms with Gasteiger partial charge in [-0.25, -0.2) is 9.29 Å². The van der Waals surface area contributed by atoms with Crippen molar-refractivity contribution in [2.75, 3.05) is 31.1 Å². The molecule has 0 aromatic heterocycles. The Bertz CT molecular complexity index is 1200. The van der Waals surface area contributed by atoms with Crippen molar-refractivity contribution in [1.29, 1.82) is 0 Å². The van der Waals surface area contributed by atoms with Gasteiger partial charge in [0.25, 0.3) is 11.8 Å². The van der Waals surface area contributed by atoms with Gasteiger partial charge in [-0.2, -0.15) is 0 Å². The molecule has 166 valence electrons. The van der Waals surface area contributed by atoms with Crippen molar-refractivity contribution in [3.8, 4) is 0 Å².